The molecule has 2 unspecified atom stereocenters. The molecule has 1 aliphatic carbocycles. The van der Waals surface area contributed by atoms with Crippen LogP contribution in [-0.2, 0) is 0 Å². The fraction of sp³-hybridized carbons (Fsp3) is 0.692. The Labute approximate surface area is 97.8 Å². The lowest BCUT2D eigenvalue weighted by Crippen LogP contribution is -2.37. The van der Waals surface area contributed by atoms with Crippen molar-refractivity contribution < 1.29 is 5.11 Å². The number of halogens is 1. The van der Waals surface area contributed by atoms with Gasteiger partial charge in [-0.1, -0.05) is 39.8 Å². The van der Waals surface area contributed by atoms with Gasteiger partial charge < -0.3 is 5.11 Å². The molecular formula is C13H21ClO. The number of allylic oxidation sites excluding steroid dienone is 2. The zero-order chi connectivity index (χ0) is 11.9. The SMILES string of the molecule is CCC1=CC(C(C)(C)C)=CC(C)(Cl)C1O. The van der Waals surface area contributed by atoms with Gasteiger partial charge in [-0.15, -0.1) is 11.6 Å². The Morgan fingerprint density at radius 3 is 2.40 bits per heavy atom. The maximum atomic E-state index is 10.0. The lowest BCUT2D eigenvalue weighted by atomic mass is 9.77. The monoisotopic (exact) mass is 228 g/mol. The van der Waals surface area contributed by atoms with Gasteiger partial charge >= 0.3 is 0 Å². The van der Waals surface area contributed by atoms with E-state index in [4.69, 9.17) is 11.6 Å². The Bertz CT molecular complexity index is 305. The fourth-order valence-corrected chi connectivity index (χ4v) is 2.05. The second-order valence-electron chi connectivity index (χ2n) is 5.48. The molecule has 0 saturated heterocycles. The molecule has 1 N–H and O–H groups in total. The molecule has 86 valence electrons. The van der Waals surface area contributed by atoms with Crippen LogP contribution in [0.3, 0.4) is 0 Å². The van der Waals surface area contributed by atoms with Crippen LogP contribution in [0.15, 0.2) is 23.3 Å². The number of aliphatic hydroxyl groups excluding tert-OH is 1. The third kappa shape index (κ3) is 2.64. The Morgan fingerprint density at radius 1 is 1.47 bits per heavy atom. The smallest absolute Gasteiger partial charge is 0.0977 e. The summed E-state index contributed by atoms with van der Waals surface area (Å²) < 4.78 is 0. The number of rotatable bonds is 1. The molecule has 0 amide bonds. The summed E-state index contributed by atoms with van der Waals surface area (Å²) in [6, 6.07) is 0. The molecule has 0 aromatic heterocycles. The average Bonchev–Trinajstić information content (AvgIpc) is 2.07. The van der Waals surface area contributed by atoms with E-state index in [2.05, 4.69) is 26.8 Å². The normalized spacial score (nSPS) is 32.3. The summed E-state index contributed by atoms with van der Waals surface area (Å²) >= 11 is 6.33. The minimum atomic E-state index is -0.664. The van der Waals surface area contributed by atoms with Crippen LogP contribution in [0.5, 0.6) is 0 Å². The van der Waals surface area contributed by atoms with E-state index in [0.29, 0.717) is 0 Å². The van der Waals surface area contributed by atoms with Crippen LogP contribution in [0.4, 0.5) is 0 Å². The van der Waals surface area contributed by atoms with Crippen molar-refractivity contribution in [1.82, 2.24) is 0 Å². The predicted octanol–water partition coefficient (Wildman–Crippen LogP) is 3.67. The Morgan fingerprint density at radius 2 is 2.00 bits per heavy atom. The van der Waals surface area contributed by atoms with E-state index in [1.165, 1.54) is 5.57 Å². The van der Waals surface area contributed by atoms with Crippen molar-refractivity contribution >= 4 is 11.6 Å². The van der Waals surface area contributed by atoms with Gasteiger partial charge in [-0.3, -0.25) is 0 Å². The first-order valence-corrected chi connectivity index (χ1v) is 5.87. The summed E-state index contributed by atoms with van der Waals surface area (Å²) in [6.45, 7) is 10.4. The number of aliphatic hydroxyl groups is 1. The Balaban J connectivity index is 3.16. The molecule has 1 nitrogen and oxygen atoms in total. The third-order valence-electron chi connectivity index (χ3n) is 2.94. The van der Waals surface area contributed by atoms with Crippen LogP contribution in [-0.4, -0.2) is 16.1 Å². The van der Waals surface area contributed by atoms with Crippen LogP contribution in [0.1, 0.15) is 41.0 Å². The second kappa shape index (κ2) is 3.95. The second-order valence-corrected chi connectivity index (χ2v) is 6.29. The molecule has 0 radical (unpaired) electrons. The molecule has 0 aromatic carbocycles. The zero-order valence-electron chi connectivity index (χ0n) is 10.3. The number of alkyl halides is 1. The van der Waals surface area contributed by atoms with E-state index >= 15 is 0 Å². The lowest BCUT2D eigenvalue weighted by molar-refractivity contribution is 0.178. The highest BCUT2D eigenvalue weighted by Crippen LogP contribution is 2.39. The van der Waals surface area contributed by atoms with Crippen molar-refractivity contribution in [3.63, 3.8) is 0 Å². The molecule has 1 aliphatic rings. The highest BCUT2D eigenvalue weighted by Gasteiger charge is 2.35. The summed E-state index contributed by atoms with van der Waals surface area (Å²) in [6.07, 6.45) is 4.36. The fourth-order valence-electron chi connectivity index (χ4n) is 1.79. The first-order chi connectivity index (χ1) is 6.68. The van der Waals surface area contributed by atoms with Gasteiger partial charge in [0, 0.05) is 0 Å². The highest BCUT2D eigenvalue weighted by atomic mass is 35.5. The topological polar surface area (TPSA) is 20.2 Å². The molecule has 0 heterocycles. The van der Waals surface area contributed by atoms with Gasteiger partial charge in [0.25, 0.3) is 0 Å². The standard InChI is InChI=1S/C13H21ClO/c1-6-9-7-10(12(2,3)4)8-13(5,14)11(9)15/h7-8,11,15H,6H2,1-5H3. The first-order valence-electron chi connectivity index (χ1n) is 5.49. The van der Waals surface area contributed by atoms with E-state index in [1.807, 2.05) is 19.9 Å². The summed E-state index contributed by atoms with van der Waals surface area (Å²) in [5, 5.41) is 10.0. The molecule has 0 saturated carbocycles. The van der Waals surface area contributed by atoms with Gasteiger partial charge in [0.2, 0.25) is 0 Å². The van der Waals surface area contributed by atoms with Crippen LogP contribution in [0, 0.1) is 5.41 Å². The molecule has 0 fully saturated rings. The Hall–Kier alpha value is -0.270. The average molecular weight is 229 g/mol. The van der Waals surface area contributed by atoms with Crippen molar-refractivity contribution in [2.24, 2.45) is 5.41 Å². The zero-order valence-corrected chi connectivity index (χ0v) is 11.0. The van der Waals surface area contributed by atoms with Crippen LogP contribution < -0.4 is 0 Å². The molecule has 1 rings (SSSR count). The largest absolute Gasteiger partial charge is 0.387 e. The summed E-state index contributed by atoms with van der Waals surface area (Å²) in [7, 11) is 0. The lowest BCUT2D eigenvalue weighted by Gasteiger charge is -2.35. The summed E-state index contributed by atoms with van der Waals surface area (Å²) in [4.78, 5) is -0.664. The highest BCUT2D eigenvalue weighted by molar-refractivity contribution is 6.25. The molecular weight excluding hydrogens is 208 g/mol. The van der Waals surface area contributed by atoms with Crippen molar-refractivity contribution in [3.8, 4) is 0 Å². The predicted molar refractivity (Wildman–Crippen MR) is 66.2 cm³/mol. The van der Waals surface area contributed by atoms with Gasteiger partial charge in [-0.05, 0) is 29.9 Å². The Kier molecular flexibility index (Phi) is 3.37. The molecule has 0 spiro atoms. The van der Waals surface area contributed by atoms with Gasteiger partial charge in [-0.25, -0.2) is 0 Å². The summed E-state index contributed by atoms with van der Waals surface area (Å²) in [5.74, 6) is 0. The first kappa shape index (κ1) is 12.8. The maximum absolute atomic E-state index is 10.0. The van der Waals surface area contributed by atoms with Crippen LogP contribution >= 0.6 is 11.6 Å². The van der Waals surface area contributed by atoms with Crippen molar-refractivity contribution in [1.29, 1.82) is 0 Å². The number of hydrogen-bond acceptors (Lipinski definition) is 1. The van der Waals surface area contributed by atoms with Crippen molar-refractivity contribution in [3.05, 3.63) is 23.3 Å². The third-order valence-corrected chi connectivity index (χ3v) is 3.25. The van der Waals surface area contributed by atoms with Crippen LogP contribution in [0.2, 0.25) is 0 Å². The van der Waals surface area contributed by atoms with Gasteiger partial charge in [0.15, 0.2) is 0 Å². The quantitative estimate of drug-likeness (QED) is 0.679. The number of hydrogen-bond donors (Lipinski definition) is 1. The molecule has 2 atom stereocenters. The van der Waals surface area contributed by atoms with E-state index in [-0.39, 0.29) is 5.41 Å². The molecule has 2 heteroatoms. The van der Waals surface area contributed by atoms with E-state index in [0.717, 1.165) is 12.0 Å². The molecule has 0 aliphatic heterocycles. The van der Waals surface area contributed by atoms with E-state index < -0.39 is 11.0 Å². The van der Waals surface area contributed by atoms with Gasteiger partial charge in [-0.2, -0.15) is 0 Å². The van der Waals surface area contributed by atoms with Gasteiger partial charge in [0.1, 0.15) is 0 Å². The van der Waals surface area contributed by atoms with E-state index in [1.54, 1.807) is 0 Å². The molecule has 15 heavy (non-hydrogen) atoms. The maximum Gasteiger partial charge on any atom is 0.0977 e. The minimum Gasteiger partial charge on any atom is -0.387 e. The minimum absolute atomic E-state index is 0.0801. The summed E-state index contributed by atoms with van der Waals surface area (Å²) in [5.41, 5.74) is 2.32. The molecule has 0 aromatic rings. The van der Waals surface area contributed by atoms with Crippen molar-refractivity contribution in [2.45, 2.75) is 52.0 Å². The van der Waals surface area contributed by atoms with Crippen molar-refractivity contribution in [2.75, 3.05) is 0 Å². The molecule has 0 bridgehead atoms. The van der Waals surface area contributed by atoms with Crippen LogP contribution in [0.25, 0.3) is 0 Å². The van der Waals surface area contributed by atoms with E-state index in [9.17, 15) is 5.11 Å². The van der Waals surface area contributed by atoms with Gasteiger partial charge in [0.05, 0.1) is 11.0 Å².